The lowest BCUT2D eigenvalue weighted by molar-refractivity contribution is -0.384. The molecule has 0 radical (unpaired) electrons. The molecule has 0 aliphatic heterocycles. The van der Waals surface area contributed by atoms with Crippen LogP contribution < -0.4 is 10.7 Å². The standard InChI is InChI=1S/C17H17ClN4O2S/c1-10-5-4-6-11(2)16(10)19-17(25)21-20-12(3)13-7-8-14(18)15(9-13)22(23)24/h4-9H,1-3H3,(H2,19,21,25)/b20-12-. The minimum absolute atomic E-state index is 0.0849. The first kappa shape index (κ1) is 18.8. The van der Waals surface area contributed by atoms with Gasteiger partial charge in [0, 0.05) is 17.3 Å². The van der Waals surface area contributed by atoms with Gasteiger partial charge >= 0.3 is 0 Å². The van der Waals surface area contributed by atoms with Crippen LogP contribution in [-0.4, -0.2) is 15.7 Å². The molecule has 2 rings (SSSR count). The van der Waals surface area contributed by atoms with E-state index in [9.17, 15) is 10.1 Å². The maximum absolute atomic E-state index is 11.0. The Kier molecular flexibility index (Phi) is 6.06. The molecule has 2 N–H and O–H groups in total. The summed E-state index contributed by atoms with van der Waals surface area (Å²) in [6.07, 6.45) is 0. The molecular formula is C17H17ClN4O2S. The first-order valence-electron chi connectivity index (χ1n) is 7.41. The summed E-state index contributed by atoms with van der Waals surface area (Å²) in [4.78, 5) is 10.4. The molecule has 130 valence electrons. The fourth-order valence-electron chi connectivity index (χ4n) is 2.23. The highest BCUT2D eigenvalue weighted by atomic mass is 35.5. The number of hydrogen-bond acceptors (Lipinski definition) is 4. The number of nitro benzene ring substituents is 1. The molecule has 8 heteroatoms. The van der Waals surface area contributed by atoms with Crippen molar-refractivity contribution in [2.75, 3.05) is 5.32 Å². The van der Waals surface area contributed by atoms with Crippen LogP contribution in [0.4, 0.5) is 11.4 Å². The smallest absolute Gasteiger partial charge is 0.288 e. The molecule has 0 heterocycles. The van der Waals surface area contributed by atoms with E-state index >= 15 is 0 Å². The zero-order valence-corrected chi connectivity index (χ0v) is 15.5. The number of hydrazone groups is 1. The van der Waals surface area contributed by atoms with E-state index in [1.165, 1.54) is 12.1 Å². The second-order valence-electron chi connectivity index (χ2n) is 5.45. The average molecular weight is 377 g/mol. The highest BCUT2D eigenvalue weighted by Gasteiger charge is 2.14. The van der Waals surface area contributed by atoms with Crippen LogP contribution in [0, 0.1) is 24.0 Å². The first-order chi connectivity index (χ1) is 11.8. The number of anilines is 1. The van der Waals surface area contributed by atoms with Crippen molar-refractivity contribution >= 4 is 46.0 Å². The number of benzene rings is 2. The predicted octanol–water partition coefficient (Wildman–Crippen LogP) is 4.58. The van der Waals surface area contributed by atoms with Gasteiger partial charge in [-0.3, -0.25) is 15.5 Å². The summed E-state index contributed by atoms with van der Waals surface area (Å²) in [7, 11) is 0. The molecule has 6 nitrogen and oxygen atoms in total. The number of aryl methyl sites for hydroxylation is 2. The fourth-order valence-corrected chi connectivity index (χ4v) is 2.56. The summed E-state index contributed by atoms with van der Waals surface area (Å²) in [5.41, 5.74) is 6.78. The van der Waals surface area contributed by atoms with Gasteiger partial charge in [-0.2, -0.15) is 5.10 Å². The molecule has 2 aromatic carbocycles. The van der Waals surface area contributed by atoms with Crippen molar-refractivity contribution in [1.82, 2.24) is 5.43 Å². The van der Waals surface area contributed by atoms with E-state index in [2.05, 4.69) is 15.8 Å². The van der Waals surface area contributed by atoms with Crippen molar-refractivity contribution in [1.29, 1.82) is 0 Å². The lowest BCUT2D eigenvalue weighted by Gasteiger charge is -2.13. The SMILES string of the molecule is C/C(=N/NC(=S)Nc1c(C)cccc1C)c1ccc(Cl)c([N+](=O)[O-])c1. The maximum Gasteiger partial charge on any atom is 0.288 e. The maximum atomic E-state index is 11.0. The summed E-state index contributed by atoms with van der Waals surface area (Å²) < 4.78 is 0. The van der Waals surface area contributed by atoms with Crippen molar-refractivity contribution < 1.29 is 4.92 Å². The van der Waals surface area contributed by atoms with Crippen molar-refractivity contribution in [3.63, 3.8) is 0 Å². The van der Waals surface area contributed by atoms with Crippen molar-refractivity contribution in [3.8, 4) is 0 Å². The second-order valence-corrected chi connectivity index (χ2v) is 6.27. The highest BCUT2D eigenvalue weighted by Crippen LogP contribution is 2.25. The Morgan fingerprint density at radius 3 is 2.48 bits per heavy atom. The minimum Gasteiger partial charge on any atom is -0.331 e. The number of nitrogens with one attached hydrogen (secondary N) is 2. The Labute approximate surface area is 156 Å². The van der Waals surface area contributed by atoms with Gasteiger partial charge in [0.1, 0.15) is 5.02 Å². The van der Waals surface area contributed by atoms with Gasteiger partial charge in [0.25, 0.3) is 5.69 Å². The molecule has 0 saturated carbocycles. The zero-order valence-electron chi connectivity index (χ0n) is 14.0. The third-order valence-electron chi connectivity index (χ3n) is 3.61. The monoisotopic (exact) mass is 376 g/mol. The van der Waals surface area contributed by atoms with Gasteiger partial charge in [-0.05, 0) is 50.2 Å². The van der Waals surface area contributed by atoms with Crippen LogP contribution in [-0.2, 0) is 0 Å². The van der Waals surface area contributed by atoms with Gasteiger partial charge in [-0.1, -0.05) is 35.9 Å². The number of halogens is 1. The largest absolute Gasteiger partial charge is 0.331 e. The molecule has 0 unspecified atom stereocenters. The minimum atomic E-state index is -0.528. The Morgan fingerprint density at radius 2 is 1.88 bits per heavy atom. The third-order valence-corrected chi connectivity index (χ3v) is 4.12. The van der Waals surface area contributed by atoms with Gasteiger partial charge in [-0.15, -0.1) is 0 Å². The van der Waals surface area contributed by atoms with Gasteiger partial charge in [-0.25, -0.2) is 0 Å². The number of para-hydroxylation sites is 1. The summed E-state index contributed by atoms with van der Waals surface area (Å²) in [5.74, 6) is 0. The average Bonchev–Trinajstić information content (AvgIpc) is 2.56. The van der Waals surface area contributed by atoms with Crippen molar-refractivity contribution in [2.24, 2.45) is 5.10 Å². The first-order valence-corrected chi connectivity index (χ1v) is 8.20. The van der Waals surface area contributed by atoms with Crippen LogP contribution in [0.25, 0.3) is 0 Å². The molecule has 0 amide bonds. The van der Waals surface area contributed by atoms with E-state index in [4.69, 9.17) is 23.8 Å². The Bertz CT molecular complexity index is 847. The highest BCUT2D eigenvalue weighted by molar-refractivity contribution is 7.80. The van der Waals surface area contributed by atoms with Crippen LogP contribution in [0.3, 0.4) is 0 Å². The molecule has 0 bridgehead atoms. The second kappa shape index (κ2) is 8.04. The molecule has 0 aliphatic rings. The van der Waals surface area contributed by atoms with Gasteiger partial charge in [0.05, 0.1) is 10.6 Å². The van der Waals surface area contributed by atoms with E-state index < -0.39 is 4.92 Å². The third kappa shape index (κ3) is 4.74. The van der Waals surface area contributed by atoms with Gasteiger partial charge < -0.3 is 5.32 Å². The van der Waals surface area contributed by atoms with Crippen LogP contribution in [0.2, 0.25) is 5.02 Å². The number of thiocarbonyl (C=S) groups is 1. The number of nitrogens with zero attached hydrogens (tertiary/aromatic N) is 2. The summed E-state index contributed by atoms with van der Waals surface area (Å²) in [6.45, 7) is 5.69. The van der Waals surface area contributed by atoms with E-state index in [-0.39, 0.29) is 10.7 Å². The molecule has 0 fully saturated rings. The lowest BCUT2D eigenvalue weighted by Crippen LogP contribution is -2.25. The summed E-state index contributed by atoms with van der Waals surface area (Å²) >= 11 is 11.1. The normalized spacial score (nSPS) is 11.1. The van der Waals surface area contributed by atoms with Crippen LogP contribution in [0.5, 0.6) is 0 Å². The molecule has 0 atom stereocenters. The quantitative estimate of drug-likeness (QED) is 0.353. The molecule has 0 aromatic heterocycles. The Morgan fingerprint density at radius 1 is 1.24 bits per heavy atom. The van der Waals surface area contributed by atoms with Crippen molar-refractivity contribution in [2.45, 2.75) is 20.8 Å². The molecule has 25 heavy (non-hydrogen) atoms. The van der Waals surface area contributed by atoms with Gasteiger partial charge in [0.2, 0.25) is 0 Å². The Balaban J connectivity index is 2.12. The lowest BCUT2D eigenvalue weighted by atomic mass is 10.1. The Hall–Kier alpha value is -2.51. The molecule has 0 saturated heterocycles. The van der Waals surface area contributed by atoms with E-state index in [0.29, 0.717) is 16.4 Å². The molecular weight excluding hydrogens is 360 g/mol. The van der Waals surface area contributed by atoms with Crippen LogP contribution >= 0.6 is 23.8 Å². The molecule has 0 spiro atoms. The van der Waals surface area contributed by atoms with Crippen molar-refractivity contribution in [3.05, 3.63) is 68.2 Å². The van der Waals surface area contributed by atoms with E-state index in [1.807, 2.05) is 32.0 Å². The number of nitro groups is 1. The summed E-state index contributed by atoms with van der Waals surface area (Å²) in [6, 6.07) is 10.5. The fraction of sp³-hybridized carbons (Fsp3) is 0.176. The van der Waals surface area contributed by atoms with Gasteiger partial charge in [0.15, 0.2) is 5.11 Å². The zero-order chi connectivity index (χ0) is 18.6. The number of hydrogen-bond donors (Lipinski definition) is 2. The van der Waals surface area contributed by atoms with Crippen LogP contribution in [0.1, 0.15) is 23.6 Å². The van der Waals surface area contributed by atoms with Crippen LogP contribution in [0.15, 0.2) is 41.5 Å². The number of rotatable bonds is 4. The predicted molar refractivity (Wildman–Crippen MR) is 106 cm³/mol. The topological polar surface area (TPSA) is 79.6 Å². The van der Waals surface area contributed by atoms with E-state index in [1.54, 1.807) is 13.0 Å². The van der Waals surface area contributed by atoms with E-state index in [0.717, 1.165) is 16.8 Å². The molecule has 2 aromatic rings. The molecule has 0 aliphatic carbocycles. The summed E-state index contributed by atoms with van der Waals surface area (Å²) in [5, 5.41) is 18.7.